The summed E-state index contributed by atoms with van der Waals surface area (Å²) in [7, 11) is 0. The molecule has 2 aliphatic heterocycles. The number of carbonyl (C=O) groups excluding carboxylic acids is 2. The van der Waals surface area contributed by atoms with Gasteiger partial charge in [-0.15, -0.1) is 0 Å². The van der Waals surface area contributed by atoms with Gasteiger partial charge in [0, 0.05) is 31.1 Å². The average molecular weight is 382 g/mol. The van der Waals surface area contributed by atoms with Crippen molar-refractivity contribution in [1.29, 1.82) is 0 Å². The fourth-order valence-electron chi connectivity index (χ4n) is 4.57. The van der Waals surface area contributed by atoms with E-state index in [1.54, 1.807) is 6.07 Å². The molecule has 2 fully saturated rings. The van der Waals surface area contributed by atoms with Crippen LogP contribution in [-0.2, 0) is 17.9 Å². The molecule has 2 atom stereocenters. The van der Waals surface area contributed by atoms with E-state index in [4.69, 9.17) is 4.42 Å². The van der Waals surface area contributed by atoms with Crippen molar-refractivity contribution in [3.05, 3.63) is 41.1 Å². The molecule has 7 nitrogen and oxygen atoms in total. The molecule has 0 N–H and O–H groups in total. The number of nitrogens with zero attached hydrogens (tertiary/aromatic N) is 4. The second-order valence-corrected chi connectivity index (χ2v) is 8.51. The van der Waals surface area contributed by atoms with Crippen LogP contribution < -0.4 is 0 Å². The maximum absolute atomic E-state index is 12.7. The molecule has 0 spiro atoms. The van der Waals surface area contributed by atoms with Crippen molar-refractivity contribution >= 4 is 11.8 Å². The minimum atomic E-state index is -0.0742. The van der Waals surface area contributed by atoms with Crippen molar-refractivity contribution in [2.24, 2.45) is 11.8 Å². The minimum absolute atomic E-state index is 0.0742. The van der Waals surface area contributed by atoms with Crippen LogP contribution in [0.4, 0.5) is 0 Å². The second-order valence-electron chi connectivity index (χ2n) is 8.51. The molecule has 7 heteroatoms. The summed E-state index contributed by atoms with van der Waals surface area (Å²) in [6.07, 6.45) is 4.78. The van der Waals surface area contributed by atoms with E-state index in [2.05, 4.69) is 16.7 Å². The predicted molar refractivity (Wildman–Crippen MR) is 101 cm³/mol. The highest BCUT2D eigenvalue weighted by atomic mass is 16.3. The lowest BCUT2D eigenvalue weighted by molar-refractivity contribution is -0.134. The van der Waals surface area contributed by atoms with Gasteiger partial charge in [-0.3, -0.25) is 14.3 Å². The summed E-state index contributed by atoms with van der Waals surface area (Å²) in [6, 6.07) is 3.85. The molecular formula is C21H26N4O3. The van der Waals surface area contributed by atoms with E-state index in [0.717, 1.165) is 49.4 Å². The molecule has 1 aliphatic carbocycles. The van der Waals surface area contributed by atoms with Gasteiger partial charge in [0.1, 0.15) is 5.76 Å². The van der Waals surface area contributed by atoms with Crippen LogP contribution in [0.2, 0.25) is 0 Å². The van der Waals surface area contributed by atoms with E-state index >= 15 is 0 Å². The predicted octanol–water partition coefficient (Wildman–Crippen LogP) is 2.76. The third-order valence-electron chi connectivity index (χ3n) is 6.47. The zero-order chi connectivity index (χ0) is 19.4. The van der Waals surface area contributed by atoms with Crippen molar-refractivity contribution in [2.75, 3.05) is 13.1 Å². The Morgan fingerprint density at radius 1 is 1.14 bits per heavy atom. The Morgan fingerprint density at radius 3 is 2.54 bits per heavy atom. The van der Waals surface area contributed by atoms with Crippen molar-refractivity contribution in [1.82, 2.24) is 19.6 Å². The first kappa shape index (κ1) is 17.5. The zero-order valence-electron chi connectivity index (χ0n) is 16.4. The van der Waals surface area contributed by atoms with Gasteiger partial charge in [0.05, 0.1) is 24.5 Å². The number of furan rings is 1. The number of hydrogen-bond acceptors (Lipinski definition) is 4. The molecule has 0 radical (unpaired) electrons. The van der Waals surface area contributed by atoms with Crippen LogP contribution in [0, 0.1) is 18.8 Å². The Bertz CT molecular complexity index is 922. The maximum atomic E-state index is 12.7. The molecule has 1 saturated heterocycles. The van der Waals surface area contributed by atoms with Crippen LogP contribution in [0.1, 0.15) is 59.8 Å². The Kier molecular flexibility index (Phi) is 4.07. The van der Waals surface area contributed by atoms with Crippen molar-refractivity contribution in [3.63, 3.8) is 0 Å². The molecule has 0 aromatic carbocycles. The van der Waals surface area contributed by atoms with Gasteiger partial charge in [0.15, 0.2) is 5.76 Å². The molecule has 2 aromatic heterocycles. The number of rotatable bonds is 3. The number of aryl methyl sites for hydroxylation is 1. The number of fused-ring (bicyclic) bond motifs is 1. The molecular weight excluding hydrogens is 356 g/mol. The minimum Gasteiger partial charge on any atom is -0.456 e. The molecule has 0 unspecified atom stereocenters. The lowest BCUT2D eigenvalue weighted by Crippen LogP contribution is -2.40. The van der Waals surface area contributed by atoms with E-state index in [1.165, 1.54) is 0 Å². The highest BCUT2D eigenvalue weighted by molar-refractivity contribution is 5.91. The third-order valence-corrected chi connectivity index (χ3v) is 6.47. The van der Waals surface area contributed by atoms with Gasteiger partial charge in [-0.25, -0.2) is 0 Å². The molecule has 4 heterocycles. The van der Waals surface area contributed by atoms with Crippen molar-refractivity contribution < 1.29 is 14.0 Å². The van der Waals surface area contributed by atoms with Crippen molar-refractivity contribution in [2.45, 2.75) is 52.2 Å². The van der Waals surface area contributed by atoms with E-state index in [1.807, 2.05) is 29.0 Å². The monoisotopic (exact) mass is 382 g/mol. The van der Waals surface area contributed by atoms with Crippen molar-refractivity contribution in [3.8, 4) is 0 Å². The second kappa shape index (κ2) is 6.50. The van der Waals surface area contributed by atoms with Crippen LogP contribution in [0.15, 0.2) is 22.7 Å². The molecule has 2 aromatic rings. The highest BCUT2D eigenvalue weighted by Crippen LogP contribution is 2.40. The Hall–Kier alpha value is -2.57. The summed E-state index contributed by atoms with van der Waals surface area (Å²) in [6.45, 7) is 6.73. The van der Waals surface area contributed by atoms with Gasteiger partial charge < -0.3 is 14.2 Å². The molecule has 28 heavy (non-hydrogen) atoms. The van der Waals surface area contributed by atoms with E-state index in [-0.39, 0.29) is 11.8 Å². The Labute approximate surface area is 164 Å². The van der Waals surface area contributed by atoms with Crippen LogP contribution >= 0.6 is 0 Å². The fraction of sp³-hybridized carbons (Fsp3) is 0.571. The topological polar surface area (TPSA) is 71.6 Å². The molecule has 3 aliphatic rings. The standard InChI is InChI=1S/C21H26N4O3/c1-13-9-17(13)20(26)23-7-5-16(6-8-23)25-18-12-24(11-15(18)10-22-25)21(27)19-4-3-14(2)28-19/h3-4,10,13,16-17H,5-9,11-12H2,1-2H3/t13-,17-/m1/s1. The van der Waals surface area contributed by atoms with Gasteiger partial charge in [-0.2, -0.15) is 5.10 Å². The summed E-state index contributed by atoms with van der Waals surface area (Å²) in [5.41, 5.74) is 2.24. The fourth-order valence-corrected chi connectivity index (χ4v) is 4.57. The van der Waals surface area contributed by atoms with Gasteiger partial charge in [0.2, 0.25) is 5.91 Å². The third kappa shape index (κ3) is 2.93. The Morgan fingerprint density at radius 2 is 1.89 bits per heavy atom. The van der Waals surface area contributed by atoms with Gasteiger partial charge in [-0.1, -0.05) is 6.92 Å². The first-order chi connectivity index (χ1) is 13.5. The first-order valence-electron chi connectivity index (χ1n) is 10.2. The SMILES string of the molecule is Cc1ccc(C(=O)N2Cc3cnn(C4CCN(C(=O)[C@@H]5C[C@H]5C)CC4)c3C2)o1. The van der Waals surface area contributed by atoms with E-state index in [9.17, 15) is 9.59 Å². The number of aromatic nitrogens is 2. The lowest BCUT2D eigenvalue weighted by Gasteiger charge is -2.33. The molecule has 148 valence electrons. The summed E-state index contributed by atoms with van der Waals surface area (Å²) in [5, 5.41) is 4.61. The maximum Gasteiger partial charge on any atom is 0.290 e. The smallest absolute Gasteiger partial charge is 0.290 e. The Balaban J connectivity index is 1.24. The van der Waals surface area contributed by atoms with E-state index < -0.39 is 0 Å². The summed E-state index contributed by atoms with van der Waals surface area (Å²) in [5.74, 6) is 2.21. The van der Waals surface area contributed by atoms with Crippen LogP contribution in [0.25, 0.3) is 0 Å². The lowest BCUT2D eigenvalue weighted by atomic mass is 10.0. The number of hydrogen-bond donors (Lipinski definition) is 0. The van der Waals surface area contributed by atoms with Gasteiger partial charge in [-0.05, 0) is 44.2 Å². The van der Waals surface area contributed by atoms with Crippen LogP contribution in [0.5, 0.6) is 0 Å². The van der Waals surface area contributed by atoms with E-state index in [0.29, 0.717) is 36.7 Å². The first-order valence-corrected chi connectivity index (χ1v) is 10.2. The molecule has 5 rings (SSSR count). The summed E-state index contributed by atoms with van der Waals surface area (Å²) in [4.78, 5) is 29.0. The number of piperidine rings is 1. The molecule has 0 bridgehead atoms. The average Bonchev–Trinajstić information content (AvgIpc) is 3.07. The normalized spacial score (nSPS) is 24.5. The zero-order valence-corrected chi connectivity index (χ0v) is 16.4. The number of carbonyl (C=O) groups is 2. The van der Waals surface area contributed by atoms with Crippen LogP contribution in [-0.4, -0.2) is 44.5 Å². The molecule has 2 amide bonds. The quantitative estimate of drug-likeness (QED) is 0.818. The highest BCUT2D eigenvalue weighted by Gasteiger charge is 2.42. The van der Waals surface area contributed by atoms with Gasteiger partial charge in [0.25, 0.3) is 5.91 Å². The summed E-state index contributed by atoms with van der Waals surface area (Å²) < 4.78 is 7.59. The van der Waals surface area contributed by atoms with Crippen LogP contribution in [0.3, 0.4) is 0 Å². The summed E-state index contributed by atoms with van der Waals surface area (Å²) >= 11 is 0. The van der Waals surface area contributed by atoms with Gasteiger partial charge >= 0.3 is 0 Å². The molecule has 1 saturated carbocycles. The largest absolute Gasteiger partial charge is 0.456 e. The number of amides is 2. The number of likely N-dealkylation sites (tertiary alicyclic amines) is 1.